The van der Waals surface area contributed by atoms with Gasteiger partial charge in [0, 0.05) is 18.7 Å². The highest BCUT2D eigenvalue weighted by Crippen LogP contribution is 2.22. The molecule has 160 valence electrons. The number of aliphatic hydroxyl groups excluding tert-OH is 1. The standard InChI is InChI=1S/C24H30N2O4/c1-24(2,3)19-10-8-18(9-11-19)22(28)26-21(23(29)25-14-5-15-27)16-17-6-12-20(30-4)13-7-17/h6-13,16,27H,5,14-15H2,1-4H3,(H,25,29)(H,26,28)/b21-16+. The van der Waals surface area contributed by atoms with Crippen LogP contribution >= 0.6 is 0 Å². The summed E-state index contributed by atoms with van der Waals surface area (Å²) in [6.45, 7) is 6.60. The first-order valence-electron chi connectivity index (χ1n) is 9.91. The molecule has 0 fully saturated rings. The molecule has 0 aliphatic rings. The Balaban J connectivity index is 2.23. The maximum absolute atomic E-state index is 12.7. The summed E-state index contributed by atoms with van der Waals surface area (Å²) in [5.74, 6) is -0.0875. The van der Waals surface area contributed by atoms with Crippen molar-refractivity contribution in [2.24, 2.45) is 0 Å². The highest BCUT2D eigenvalue weighted by atomic mass is 16.5. The SMILES string of the molecule is COc1ccc(/C=C(/NC(=O)c2ccc(C(C)(C)C)cc2)C(=O)NCCCO)cc1. The van der Waals surface area contributed by atoms with Crippen LogP contribution in [0.25, 0.3) is 6.08 Å². The van der Waals surface area contributed by atoms with Gasteiger partial charge in [-0.2, -0.15) is 0 Å². The molecule has 0 atom stereocenters. The van der Waals surface area contributed by atoms with Crippen LogP contribution in [0.2, 0.25) is 0 Å². The van der Waals surface area contributed by atoms with Crippen LogP contribution in [-0.2, 0) is 10.2 Å². The van der Waals surface area contributed by atoms with Crippen LogP contribution in [-0.4, -0.2) is 37.2 Å². The smallest absolute Gasteiger partial charge is 0.267 e. The molecule has 0 bridgehead atoms. The summed E-state index contributed by atoms with van der Waals surface area (Å²) < 4.78 is 5.15. The second-order valence-corrected chi connectivity index (χ2v) is 7.95. The summed E-state index contributed by atoms with van der Waals surface area (Å²) in [6.07, 6.45) is 2.04. The van der Waals surface area contributed by atoms with Crippen LogP contribution in [0.15, 0.2) is 54.2 Å². The predicted octanol–water partition coefficient (Wildman–Crippen LogP) is 3.26. The van der Waals surface area contributed by atoms with E-state index in [-0.39, 0.29) is 23.6 Å². The van der Waals surface area contributed by atoms with Crippen molar-refractivity contribution in [1.29, 1.82) is 0 Å². The number of aliphatic hydroxyl groups is 1. The second-order valence-electron chi connectivity index (χ2n) is 7.95. The van der Waals surface area contributed by atoms with Gasteiger partial charge in [0.1, 0.15) is 11.4 Å². The molecule has 2 rings (SSSR count). The number of hydrogen-bond donors (Lipinski definition) is 3. The third-order valence-electron chi connectivity index (χ3n) is 4.55. The highest BCUT2D eigenvalue weighted by molar-refractivity contribution is 6.05. The molecule has 0 saturated carbocycles. The van der Waals surface area contributed by atoms with Gasteiger partial charge in [0.25, 0.3) is 11.8 Å². The van der Waals surface area contributed by atoms with Crippen LogP contribution in [0.4, 0.5) is 0 Å². The number of carbonyl (C=O) groups is 2. The van der Waals surface area contributed by atoms with Gasteiger partial charge in [-0.3, -0.25) is 9.59 Å². The molecule has 2 aromatic carbocycles. The Morgan fingerprint density at radius 2 is 1.67 bits per heavy atom. The van der Waals surface area contributed by atoms with E-state index in [1.807, 2.05) is 12.1 Å². The molecule has 0 aliphatic carbocycles. The minimum atomic E-state index is -0.418. The molecule has 0 aliphatic heterocycles. The Hall–Kier alpha value is -3.12. The van der Waals surface area contributed by atoms with Crippen molar-refractivity contribution in [1.82, 2.24) is 10.6 Å². The molecule has 0 radical (unpaired) electrons. The lowest BCUT2D eigenvalue weighted by molar-refractivity contribution is -0.117. The molecule has 30 heavy (non-hydrogen) atoms. The molecule has 3 N–H and O–H groups in total. The van der Waals surface area contributed by atoms with E-state index in [0.29, 0.717) is 24.3 Å². The molecular formula is C24H30N2O4. The molecule has 6 heteroatoms. The number of rotatable bonds is 8. The van der Waals surface area contributed by atoms with Crippen molar-refractivity contribution in [3.05, 3.63) is 70.9 Å². The van der Waals surface area contributed by atoms with Gasteiger partial charge in [0.15, 0.2) is 0 Å². The summed E-state index contributed by atoms with van der Waals surface area (Å²) >= 11 is 0. The van der Waals surface area contributed by atoms with E-state index >= 15 is 0 Å². The maximum Gasteiger partial charge on any atom is 0.267 e. The van der Waals surface area contributed by atoms with Gasteiger partial charge in [-0.1, -0.05) is 45.0 Å². The van der Waals surface area contributed by atoms with Crippen molar-refractivity contribution in [2.45, 2.75) is 32.6 Å². The van der Waals surface area contributed by atoms with Crippen molar-refractivity contribution in [3.8, 4) is 5.75 Å². The van der Waals surface area contributed by atoms with E-state index in [1.165, 1.54) is 0 Å². The Labute approximate surface area is 178 Å². The molecule has 2 amide bonds. The summed E-state index contributed by atoms with van der Waals surface area (Å²) in [5.41, 5.74) is 2.44. The minimum absolute atomic E-state index is 0.0129. The van der Waals surface area contributed by atoms with Gasteiger partial charge in [0.2, 0.25) is 0 Å². The number of nitrogens with one attached hydrogen (secondary N) is 2. The van der Waals surface area contributed by atoms with E-state index in [9.17, 15) is 9.59 Å². The third-order valence-corrected chi connectivity index (χ3v) is 4.55. The fourth-order valence-corrected chi connectivity index (χ4v) is 2.72. The number of carbonyl (C=O) groups excluding carboxylic acids is 2. The lowest BCUT2D eigenvalue weighted by Crippen LogP contribution is -2.35. The number of benzene rings is 2. The summed E-state index contributed by atoms with van der Waals surface area (Å²) in [6, 6.07) is 14.5. The summed E-state index contributed by atoms with van der Waals surface area (Å²) in [7, 11) is 1.58. The fraction of sp³-hybridized carbons (Fsp3) is 0.333. The van der Waals surface area contributed by atoms with E-state index in [4.69, 9.17) is 9.84 Å². The van der Waals surface area contributed by atoms with Crippen molar-refractivity contribution in [2.75, 3.05) is 20.3 Å². The summed E-state index contributed by atoms with van der Waals surface area (Å²) in [4.78, 5) is 25.3. The molecule has 0 saturated heterocycles. The zero-order valence-electron chi connectivity index (χ0n) is 18.0. The first-order chi connectivity index (χ1) is 14.2. The van der Waals surface area contributed by atoms with Gasteiger partial charge < -0.3 is 20.5 Å². The van der Waals surface area contributed by atoms with Crippen LogP contribution in [0.1, 0.15) is 48.7 Å². The molecule has 0 aromatic heterocycles. The second kappa shape index (κ2) is 10.6. The van der Waals surface area contributed by atoms with Gasteiger partial charge in [-0.05, 0) is 53.3 Å². The van der Waals surface area contributed by atoms with Crippen molar-refractivity contribution in [3.63, 3.8) is 0 Å². The highest BCUT2D eigenvalue weighted by Gasteiger charge is 2.17. The van der Waals surface area contributed by atoms with E-state index < -0.39 is 5.91 Å². The largest absolute Gasteiger partial charge is 0.497 e. The Morgan fingerprint density at radius 3 is 2.20 bits per heavy atom. The molecule has 0 spiro atoms. The van der Waals surface area contributed by atoms with Gasteiger partial charge in [0.05, 0.1) is 7.11 Å². The monoisotopic (exact) mass is 410 g/mol. The van der Waals surface area contributed by atoms with Crippen LogP contribution in [0.3, 0.4) is 0 Å². The maximum atomic E-state index is 12.7. The van der Waals surface area contributed by atoms with E-state index in [1.54, 1.807) is 49.6 Å². The number of amides is 2. The average molecular weight is 411 g/mol. The Bertz CT molecular complexity index is 879. The fourth-order valence-electron chi connectivity index (χ4n) is 2.72. The van der Waals surface area contributed by atoms with Crippen molar-refractivity contribution < 1.29 is 19.4 Å². The Morgan fingerprint density at radius 1 is 1.03 bits per heavy atom. The number of ether oxygens (including phenoxy) is 1. The zero-order valence-corrected chi connectivity index (χ0v) is 18.0. The minimum Gasteiger partial charge on any atom is -0.497 e. The lowest BCUT2D eigenvalue weighted by atomic mass is 9.87. The number of hydrogen-bond acceptors (Lipinski definition) is 4. The first kappa shape index (κ1) is 23.2. The van der Waals surface area contributed by atoms with Crippen LogP contribution in [0.5, 0.6) is 5.75 Å². The Kier molecular flexibility index (Phi) is 8.18. The topological polar surface area (TPSA) is 87.7 Å². The predicted molar refractivity (Wildman–Crippen MR) is 118 cm³/mol. The average Bonchev–Trinajstić information content (AvgIpc) is 2.73. The normalized spacial score (nSPS) is 11.7. The van der Waals surface area contributed by atoms with Crippen LogP contribution < -0.4 is 15.4 Å². The van der Waals surface area contributed by atoms with Gasteiger partial charge in [-0.15, -0.1) is 0 Å². The van der Waals surface area contributed by atoms with E-state index in [2.05, 4.69) is 31.4 Å². The third kappa shape index (κ3) is 6.74. The number of methoxy groups -OCH3 is 1. The van der Waals surface area contributed by atoms with Crippen LogP contribution in [0, 0.1) is 0 Å². The molecular weight excluding hydrogens is 380 g/mol. The first-order valence-corrected chi connectivity index (χ1v) is 9.91. The van der Waals surface area contributed by atoms with Gasteiger partial charge >= 0.3 is 0 Å². The molecule has 6 nitrogen and oxygen atoms in total. The molecule has 0 unspecified atom stereocenters. The molecule has 2 aromatic rings. The van der Waals surface area contributed by atoms with Crippen molar-refractivity contribution >= 4 is 17.9 Å². The zero-order chi connectivity index (χ0) is 22.1. The lowest BCUT2D eigenvalue weighted by Gasteiger charge is -2.19. The molecule has 0 heterocycles. The quantitative estimate of drug-likeness (QED) is 0.460. The van der Waals surface area contributed by atoms with Gasteiger partial charge in [-0.25, -0.2) is 0 Å². The van der Waals surface area contributed by atoms with E-state index in [0.717, 1.165) is 11.1 Å². The summed E-state index contributed by atoms with van der Waals surface area (Å²) in [5, 5.41) is 14.3.